The Morgan fingerprint density at radius 3 is 1.49 bits per heavy atom. The van der Waals surface area contributed by atoms with Gasteiger partial charge in [0.2, 0.25) is 0 Å². The van der Waals surface area contributed by atoms with Crippen molar-refractivity contribution in [1.82, 2.24) is 0 Å². The predicted molar refractivity (Wildman–Crippen MR) is 174 cm³/mol. The molecule has 0 aromatic rings. The summed E-state index contributed by atoms with van der Waals surface area (Å²) in [5, 5.41) is 0. The highest BCUT2D eigenvalue weighted by atomic mass is 31.2. The van der Waals surface area contributed by atoms with E-state index in [-0.39, 0.29) is 25.6 Å². The molecule has 0 aromatic heterocycles. The van der Waals surface area contributed by atoms with Crippen molar-refractivity contribution in [2.45, 2.75) is 155 Å². The number of likely N-dealkylation sites (N-methyl/N-ethyl adjacent to an activating group) is 1. The van der Waals surface area contributed by atoms with E-state index in [1.54, 1.807) is 0 Å². The number of nitrogens with zero attached hydrogens (tertiary/aromatic N) is 1. The highest BCUT2D eigenvalue weighted by Crippen LogP contribution is 2.43. The zero-order chi connectivity index (χ0) is 32.2. The molecule has 10 heteroatoms. The van der Waals surface area contributed by atoms with Gasteiger partial charge >= 0.3 is 19.8 Å². The second-order valence-corrected chi connectivity index (χ2v) is 14.4. The Balaban J connectivity index is 4.46. The smallest absolute Gasteiger partial charge is 0.462 e. The van der Waals surface area contributed by atoms with Crippen molar-refractivity contribution in [2.24, 2.45) is 0 Å². The minimum atomic E-state index is -4.35. The average molecular weight is 637 g/mol. The molecule has 0 fully saturated rings. The van der Waals surface area contributed by atoms with Crippen LogP contribution in [0.25, 0.3) is 0 Å². The van der Waals surface area contributed by atoms with Crippen molar-refractivity contribution in [3.8, 4) is 0 Å². The zero-order valence-electron chi connectivity index (χ0n) is 28.5. The highest BCUT2D eigenvalue weighted by molar-refractivity contribution is 7.47. The van der Waals surface area contributed by atoms with Crippen LogP contribution in [0, 0.1) is 0 Å². The first-order chi connectivity index (χ1) is 20.5. The lowest BCUT2D eigenvalue weighted by molar-refractivity contribution is -0.870. The first kappa shape index (κ1) is 42.0. The first-order valence-corrected chi connectivity index (χ1v) is 18.8. The molecule has 0 aliphatic heterocycles. The second-order valence-electron chi connectivity index (χ2n) is 12.9. The van der Waals surface area contributed by atoms with Gasteiger partial charge in [0.05, 0.1) is 27.7 Å². The molecule has 0 amide bonds. The zero-order valence-corrected chi connectivity index (χ0v) is 29.3. The molecule has 0 radical (unpaired) electrons. The molecular weight excluding hydrogens is 569 g/mol. The second kappa shape index (κ2) is 27.3. The third kappa shape index (κ3) is 30.8. The van der Waals surface area contributed by atoms with E-state index in [0.29, 0.717) is 23.9 Å². The van der Waals surface area contributed by atoms with Crippen molar-refractivity contribution in [3.63, 3.8) is 0 Å². The summed E-state index contributed by atoms with van der Waals surface area (Å²) in [5.74, 6) is -0.801. The third-order valence-corrected chi connectivity index (χ3v) is 8.37. The molecule has 0 spiro atoms. The first-order valence-electron chi connectivity index (χ1n) is 17.3. The molecule has 0 aromatic carbocycles. The lowest BCUT2D eigenvalue weighted by Gasteiger charge is -2.24. The summed E-state index contributed by atoms with van der Waals surface area (Å²) in [6.07, 6.45) is 21.6. The van der Waals surface area contributed by atoms with Gasteiger partial charge in [0.15, 0.2) is 6.10 Å². The average Bonchev–Trinajstić information content (AvgIpc) is 2.93. The number of ether oxygens (including phenoxy) is 2. The van der Waals surface area contributed by atoms with Crippen LogP contribution in [-0.4, -0.2) is 74.9 Å². The van der Waals surface area contributed by atoms with Crippen LogP contribution < -0.4 is 0 Å². The van der Waals surface area contributed by atoms with Gasteiger partial charge in [-0.25, -0.2) is 4.57 Å². The number of phosphoric ester groups is 1. The van der Waals surface area contributed by atoms with Crippen molar-refractivity contribution < 1.29 is 42.1 Å². The molecule has 9 nitrogen and oxygen atoms in total. The summed E-state index contributed by atoms with van der Waals surface area (Å²) in [5.41, 5.74) is 0. The lowest BCUT2D eigenvalue weighted by atomic mass is 10.0. The van der Waals surface area contributed by atoms with Crippen LogP contribution in [-0.2, 0) is 32.7 Å². The monoisotopic (exact) mass is 636 g/mol. The van der Waals surface area contributed by atoms with E-state index in [1.165, 1.54) is 83.5 Å². The normalized spacial score (nSPS) is 13.9. The molecule has 1 unspecified atom stereocenters. The number of carbonyl (C=O) groups excluding carboxylic acids is 2. The van der Waals surface area contributed by atoms with Gasteiger partial charge in [0, 0.05) is 12.8 Å². The Morgan fingerprint density at radius 2 is 1.05 bits per heavy atom. The van der Waals surface area contributed by atoms with Gasteiger partial charge in [-0.3, -0.25) is 18.6 Å². The topological polar surface area (TPSA) is 108 Å². The van der Waals surface area contributed by atoms with Crippen LogP contribution >= 0.6 is 7.82 Å². The maximum absolute atomic E-state index is 12.5. The lowest BCUT2D eigenvalue weighted by Crippen LogP contribution is -2.37. The molecule has 0 aliphatic carbocycles. The summed E-state index contributed by atoms with van der Waals surface area (Å²) in [4.78, 5) is 34.9. The number of carbonyl (C=O) groups is 2. The maximum atomic E-state index is 12.5. The van der Waals surface area contributed by atoms with Gasteiger partial charge in [0.25, 0.3) is 0 Å². The molecule has 0 saturated carbocycles. The summed E-state index contributed by atoms with van der Waals surface area (Å²) in [6.45, 7) is 4.36. The van der Waals surface area contributed by atoms with Gasteiger partial charge in [-0.1, -0.05) is 123 Å². The number of quaternary nitrogens is 1. The standard InChI is InChI=1S/C33H66NO8P/c1-6-8-10-12-14-15-16-17-18-20-22-24-26-33(36)42-31(30-41-43(37,38)40-28-27-34(3,4)5)29-39-32(35)25-23-21-19-13-11-9-7-2/h31H,6-30H2,1-5H3/p+1/t31-/m1/s1. The Bertz CT molecular complexity index is 728. The number of rotatable bonds is 31. The largest absolute Gasteiger partial charge is 0.472 e. The van der Waals surface area contributed by atoms with Gasteiger partial charge in [-0.2, -0.15) is 0 Å². The van der Waals surface area contributed by atoms with Gasteiger partial charge < -0.3 is 18.9 Å². The van der Waals surface area contributed by atoms with Crippen LogP contribution in [0.1, 0.15) is 149 Å². The van der Waals surface area contributed by atoms with Crippen molar-refractivity contribution in [2.75, 3.05) is 47.5 Å². The summed E-state index contributed by atoms with van der Waals surface area (Å²) >= 11 is 0. The molecule has 0 bridgehead atoms. The molecule has 2 atom stereocenters. The van der Waals surface area contributed by atoms with E-state index < -0.39 is 26.5 Å². The fourth-order valence-electron chi connectivity index (χ4n) is 4.60. The number of phosphoric acid groups is 1. The molecular formula is C33H67NO8P+. The minimum Gasteiger partial charge on any atom is -0.462 e. The van der Waals surface area contributed by atoms with Crippen molar-refractivity contribution in [3.05, 3.63) is 0 Å². The number of hydrogen-bond acceptors (Lipinski definition) is 7. The Labute approximate surface area is 264 Å². The summed E-state index contributed by atoms with van der Waals surface area (Å²) in [7, 11) is 1.48. The van der Waals surface area contributed by atoms with E-state index in [1.807, 2.05) is 21.1 Å². The van der Waals surface area contributed by atoms with Crippen LogP contribution in [0.15, 0.2) is 0 Å². The van der Waals surface area contributed by atoms with E-state index in [4.69, 9.17) is 18.5 Å². The van der Waals surface area contributed by atoms with Gasteiger partial charge in [-0.15, -0.1) is 0 Å². The Morgan fingerprint density at radius 1 is 0.628 bits per heavy atom. The van der Waals surface area contributed by atoms with Gasteiger partial charge in [0.1, 0.15) is 19.8 Å². The fraction of sp³-hybridized carbons (Fsp3) is 0.939. The van der Waals surface area contributed by atoms with Crippen LogP contribution in [0.4, 0.5) is 0 Å². The van der Waals surface area contributed by atoms with E-state index >= 15 is 0 Å². The highest BCUT2D eigenvalue weighted by Gasteiger charge is 2.27. The number of esters is 2. The quantitative estimate of drug-likeness (QED) is 0.0349. The van der Waals surface area contributed by atoms with Gasteiger partial charge in [-0.05, 0) is 12.8 Å². The van der Waals surface area contributed by atoms with E-state index in [0.717, 1.165) is 32.1 Å². The molecule has 256 valence electrons. The van der Waals surface area contributed by atoms with Crippen LogP contribution in [0.3, 0.4) is 0 Å². The summed E-state index contributed by atoms with van der Waals surface area (Å²) < 4.78 is 33.9. The van der Waals surface area contributed by atoms with Crippen LogP contribution in [0.2, 0.25) is 0 Å². The minimum absolute atomic E-state index is 0.0358. The van der Waals surface area contributed by atoms with E-state index in [9.17, 15) is 19.0 Å². The Kier molecular flexibility index (Phi) is 26.7. The molecule has 1 N–H and O–H groups in total. The molecule has 43 heavy (non-hydrogen) atoms. The molecule has 0 saturated heterocycles. The molecule has 0 heterocycles. The van der Waals surface area contributed by atoms with Crippen LogP contribution in [0.5, 0.6) is 0 Å². The molecule has 0 aliphatic rings. The fourth-order valence-corrected chi connectivity index (χ4v) is 5.34. The predicted octanol–water partition coefficient (Wildman–Crippen LogP) is 8.51. The number of hydrogen-bond donors (Lipinski definition) is 1. The van der Waals surface area contributed by atoms with Crippen molar-refractivity contribution >= 4 is 19.8 Å². The Hall–Kier alpha value is -0.990. The number of unbranched alkanes of at least 4 members (excludes halogenated alkanes) is 17. The summed E-state index contributed by atoms with van der Waals surface area (Å²) in [6, 6.07) is 0. The van der Waals surface area contributed by atoms with E-state index in [2.05, 4.69) is 13.8 Å². The molecule has 0 rings (SSSR count). The maximum Gasteiger partial charge on any atom is 0.472 e. The third-order valence-electron chi connectivity index (χ3n) is 7.39. The SMILES string of the molecule is CCCCCCCCCCCCCCC(=O)O[C@H](COC(=O)CCCCCCCCC)COP(=O)(O)OCC[N+](C)(C)C. The van der Waals surface area contributed by atoms with Crippen molar-refractivity contribution in [1.29, 1.82) is 0 Å².